The van der Waals surface area contributed by atoms with Crippen LogP contribution in [0.1, 0.15) is 31.5 Å². The summed E-state index contributed by atoms with van der Waals surface area (Å²) in [5.41, 5.74) is 5.74. The topological polar surface area (TPSA) is 91.4 Å². The van der Waals surface area contributed by atoms with Crippen LogP contribution >= 0.6 is 0 Å². The van der Waals surface area contributed by atoms with Crippen LogP contribution in [0, 0.1) is 0 Å². The van der Waals surface area contributed by atoms with Crippen LogP contribution in [0.15, 0.2) is 0 Å². The van der Waals surface area contributed by atoms with E-state index in [1.807, 2.05) is 19.0 Å². The standard InChI is InChI=1S/C13H24N6O/c1-18(2)13-16-11(15-12(14)17-13)8-19-7-5-3-4-6-10(19)9-20/h10,20H,3-9H2,1-2H3,(H2,14,15,16,17)/t10-/m1/s1. The van der Waals surface area contributed by atoms with Crippen molar-refractivity contribution < 1.29 is 5.11 Å². The molecule has 20 heavy (non-hydrogen) atoms. The Bertz CT molecular complexity index is 439. The summed E-state index contributed by atoms with van der Waals surface area (Å²) in [5.74, 6) is 1.48. The zero-order valence-electron chi connectivity index (χ0n) is 12.3. The van der Waals surface area contributed by atoms with Crippen molar-refractivity contribution in [1.82, 2.24) is 19.9 Å². The van der Waals surface area contributed by atoms with Gasteiger partial charge in [-0.25, -0.2) is 0 Å². The molecule has 1 fully saturated rings. The molecule has 2 heterocycles. The van der Waals surface area contributed by atoms with Crippen LogP contribution in [0.5, 0.6) is 0 Å². The van der Waals surface area contributed by atoms with Crippen LogP contribution in [0.3, 0.4) is 0 Å². The highest BCUT2D eigenvalue weighted by molar-refractivity contribution is 5.32. The van der Waals surface area contributed by atoms with Gasteiger partial charge in [-0.1, -0.05) is 12.8 Å². The molecule has 0 radical (unpaired) electrons. The van der Waals surface area contributed by atoms with Crippen molar-refractivity contribution in [3.63, 3.8) is 0 Å². The highest BCUT2D eigenvalue weighted by Gasteiger charge is 2.21. The Morgan fingerprint density at radius 3 is 2.75 bits per heavy atom. The SMILES string of the molecule is CN(C)c1nc(N)nc(CN2CCCCC[C@@H]2CO)n1. The smallest absolute Gasteiger partial charge is 0.229 e. The van der Waals surface area contributed by atoms with Gasteiger partial charge >= 0.3 is 0 Å². The molecular formula is C13H24N6O. The molecule has 0 aliphatic carbocycles. The molecule has 112 valence electrons. The molecule has 2 rings (SSSR count). The van der Waals surface area contributed by atoms with Gasteiger partial charge in [0.15, 0.2) is 0 Å². The van der Waals surface area contributed by atoms with Gasteiger partial charge in [-0.3, -0.25) is 4.90 Å². The predicted octanol–water partition coefficient (Wildman–Crippen LogP) is 0.257. The molecule has 1 aliphatic heterocycles. The molecule has 0 saturated carbocycles. The Labute approximate surface area is 119 Å². The quantitative estimate of drug-likeness (QED) is 0.817. The van der Waals surface area contributed by atoms with E-state index in [1.165, 1.54) is 12.8 Å². The van der Waals surface area contributed by atoms with Gasteiger partial charge in [0.25, 0.3) is 0 Å². The van der Waals surface area contributed by atoms with Crippen molar-refractivity contribution in [2.45, 2.75) is 38.3 Å². The Kier molecular flexibility index (Phi) is 5.08. The number of likely N-dealkylation sites (tertiary alicyclic amines) is 1. The summed E-state index contributed by atoms with van der Waals surface area (Å²) in [7, 11) is 3.75. The van der Waals surface area contributed by atoms with Gasteiger partial charge in [0, 0.05) is 20.1 Å². The van der Waals surface area contributed by atoms with Crippen molar-refractivity contribution in [2.24, 2.45) is 0 Å². The molecule has 0 bridgehead atoms. The summed E-state index contributed by atoms with van der Waals surface area (Å²) in [6.45, 7) is 1.76. The highest BCUT2D eigenvalue weighted by Crippen LogP contribution is 2.18. The number of aromatic nitrogens is 3. The predicted molar refractivity (Wildman–Crippen MR) is 78.3 cm³/mol. The fourth-order valence-corrected chi connectivity index (χ4v) is 2.53. The lowest BCUT2D eigenvalue weighted by Crippen LogP contribution is -2.37. The van der Waals surface area contributed by atoms with Crippen molar-refractivity contribution in [3.05, 3.63) is 5.82 Å². The largest absolute Gasteiger partial charge is 0.395 e. The van der Waals surface area contributed by atoms with Crippen molar-refractivity contribution >= 4 is 11.9 Å². The lowest BCUT2D eigenvalue weighted by atomic mass is 10.1. The van der Waals surface area contributed by atoms with E-state index in [0.29, 0.717) is 18.3 Å². The van der Waals surface area contributed by atoms with Gasteiger partial charge in [0.1, 0.15) is 5.82 Å². The third-order valence-corrected chi connectivity index (χ3v) is 3.64. The molecule has 3 N–H and O–H groups in total. The molecule has 0 unspecified atom stereocenters. The molecule has 1 aromatic heterocycles. The van der Waals surface area contributed by atoms with Crippen molar-refractivity contribution in [3.8, 4) is 0 Å². The minimum atomic E-state index is 0.182. The second-order valence-corrected chi connectivity index (χ2v) is 5.46. The first-order chi connectivity index (χ1) is 9.60. The second kappa shape index (κ2) is 6.81. The molecular weight excluding hydrogens is 256 g/mol. The van der Waals surface area contributed by atoms with Gasteiger partial charge < -0.3 is 15.7 Å². The third-order valence-electron chi connectivity index (χ3n) is 3.64. The minimum Gasteiger partial charge on any atom is -0.395 e. The Hall–Kier alpha value is -1.47. The molecule has 7 heteroatoms. The number of nitrogens with zero attached hydrogens (tertiary/aromatic N) is 5. The fraction of sp³-hybridized carbons (Fsp3) is 0.769. The zero-order chi connectivity index (χ0) is 14.5. The van der Waals surface area contributed by atoms with E-state index in [0.717, 1.165) is 19.4 Å². The van der Waals surface area contributed by atoms with E-state index in [1.54, 1.807) is 0 Å². The lowest BCUT2D eigenvalue weighted by molar-refractivity contribution is 0.116. The van der Waals surface area contributed by atoms with Crippen LogP contribution in [-0.4, -0.2) is 58.2 Å². The first-order valence-electron chi connectivity index (χ1n) is 7.13. The number of nitrogen functional groups attached to an aromatic ring is 1. The Morgan fingerprint density at radius 2 is 2.05 bits per heavy atom. The summed E-state index contributed by atoms with van der Waals surface area (Å²) >= 11 is 0. The molecule has 7 nitrogen and oxygen atoms in total. The number of rotatable bonds is 4. The highest BCUT2D eigenvalue weighted by atomic mass is 16.3. The number of hydrogen-bond acceptors (Lipinski definition) is 7. The molecule has 1 aliphatic rings. The molecule has 1 atom stereocenters. The van der Waals surface area contributed by atoms with Crippen LogP contribution in [0.2, 0.25) is 0 Å². The van der Waals surface area contributed by atoms with Crippen molar-refractivity contribution in [1.29, 1.82) is 0 Å². The van der Waals surface area contributed by atoms with E-state index in [-0.39, 0.29) is 18.6 Å². The molecule has 1 saturated heterocycles. The Morgan fingerprint density at radius 1 is 1.25 bits per heavy atom. The summed E-state index contributed by atoms with van der Waals surface area (Å²) in [4.78, 5) is 16.8. The van der Waals surface area contributed by atoms with E-state index >= 15 is 0 Å². The monoisotopic (exact) mass is 280 g/mol. The average Bonchev–Trinajstić information content (AvgIpc) is 2.63. The van der Waals surface area contributed by atoms with Gasteiger partial charge in [0.05, 0.1) is 13.2 Å². The molecule has 0 spiro atoms. The maximum absolute atomic E-state index is 9.53. The summed E-state index contributed by atoms with van der Waals surface area (Å²) < 4.78 is 0. The van der Waals surface area contributed by atoms with Crippen LogP contribution < -0.4 is 10.6 Å². The number of aliphatic hydroxyl groups excluding tert-OH is 1. The lowest BCUT2D eigenvalue weighted by Gasteiger charge is -2.27. The molecule has 0 amide bonds. The van der Waals surface area contributed by atoms with E-state index in [2.05, 4.69) is 19.9 Å². The second-order valence-electron chi connectivity index (χ2n) is 5.46. The van der Waals surface area contributed by atoms with Crippen molar-refractivity contribution in [2.75, 3.05) is 37.9 Å². The minimum absolute atomic E-state index is 0.182. The maximum Gasteiger partial charge on any atom is 0.229 e. The van der Waals surface area contributed by atoms with Gasteiger partial charge in [-0.15, -0.1) is 0 Å². The van der Waals surface area contributed by atoms with Crippen LogP contribution in [0.25, 0.3) is 0 Å². The molecule has 1 aromatic rings. The normalized spacial score (nSPS) is 20.6. The van der Waals surface area contributed by atoms with E-state index in [9.17, 15) is 5.11 Å². The number of nitrogens with two attached hydrogens (primary N) is 1. The first-order valence-corrected chi connectivity index (χ1v) is 7.13. The zero-order valence-corrected chi connectivity index (χ0v) is 12.3. The van der Waals surface area contributed by atoms with Crippen LogP contribution in [0.4, 0.5) is 11.9 Å². The number of aliphatic hydroxyl groups is 1. The third kappa shape index (κ3) is 3.77. The van der Waals surface area contributed by atoms with Gasteiger partial charge in [0.2, 0.25) is 11.9 Å². The summed E-state index contributed by atoms with van der Waals surface area (Å²) in [6, 6.07) is 0.193. The molecule has 0 aromatic carbocycles. The van der Waals surface area contributed by atoms with Gasteiger partial charge in [-0.2, -0.15) is 15.0 Å². The first kappa shape index (κ1) is 14.9. The fourth-order valence-electron chi connectivity index (χ4n) is 2.53. The number of anilines is 2. The Balaban J connectivity index is 2.14. The van der Waals surface area contributed by atoms with Crippen LogP contribution in [-0.2, 0) is 6.54 Å². The summed E-state index contributed by atoms with van der Waals surface area (Å²) in [6.07, 6.45) is 4.56. The summed E-state index contributed by atoms with van der Waals surface area (Å²) in [5, 5.41) is 9.53. The average molecular weight is 280 g/mol. The van der Waals surface area contributed by atoms with E-state index < -0.39 is 0 Å². The van der Waals surface area contributed by atoms with E-state index in [4.69, 9.17) is 5.73 Å². The maximum atomic E-state index is 9.53. The van der Waals surface area contributed by atoms with Gasteiger partial charge in [-0.05, 0) is 19.4 Å². The number of hydrogen-bond donors (Lipinski definition) is 2.